The quantitative estimate of drug-likeness (QED) is 0.850. The van der Waals surface area contributed by atoms with E-state index in [0.29, 0.717) is 6.04 Å². The van der Waals surface area contributed by atoms with E-state index in [4.69, 9.17) is 11.6 Å². The highest BCUT2D eigenvalue weighted by atomic mass is 35.5. The molecule has 0 aromatic carbocycles. The molecule has 0 spiro atoms. The first kappa shape index (κ1) is 11.4. The first-order valence-electron chi connectivity index (χ1n) is 5.01. The number of anilines is 1. The summed E-state index contributed by atoms with van der Waals surface area (Å²) in [6, 6.07) is 6.34. The number of hydrogen-bond acceptors (Lipinski definition) is 4. The first-order chi connectivity index (χ1) is 7.74. The van der Waals surface area contributed by atoms with Crippen LogP contribution in [0.5, 0.6) is 0 Å². The third-order valence-electron chi connectivity index (χ3n) is 2.11. The normalized spacial score (nSPS) is 12.4. The molecule has 0 aliphatic heterocycles. The van der Waals surface area contributed by atoms with E-state index in [2.05, 4.69) is 39.7 Å². The van der Waals surface area contributed by atoms with Crippen molar-refractivity contribution in [2.75, 3.05) is 5.32 Å². The standard InChI is InChI=1S/C11H12ClN3S/c1-8(7-9-3-2-6-16-9)14-10-4-5-13-11(12)15-10/h2-6,8H,7H2,1H3,(H,13,14,15). The summed E-state index contributed by atoms with van der Waals surface area (Å²) in [5.41, 5.74) is 0. The summed E-state index contributed by atoms with van der Waals surface area (Å²) in [5.74, 6) is 0.768. The van der Waals surface area contributed by atoms with Crippen molar-refractivity contribution in [2.45, 2.75) is 19.4 Å². The summed E-state index contributed by atoms with van der Waals surface area (Å²) in [6.07, 6.45) is 2.63. The van der Waals surface area contributed by atoms with E-state index in [9.17, 15) is 0 Å². The van der Waals surface area contributed by atoms with Crippen molar-refractivity contribution in [3.05, 3.63) is 39.9 Å². The number of nitrogens with zero attached hydrogens (tertiary/aromatic N) is 2. The maximum atomic E-state index is 5.71. The van der Waals surface area contributed by atoms with Gasteiger partial charge in [-0.3, -0.25) is 0 Å². The van der Waals surface area contributed by atoms with Gasteiger partial charge in [0.25, 0.3) is 0 Å². The molecule has 84 valence electrons. The summed E-state index contributed by atoms with van der Waals surface area (Å²) >= 11 is 7.48. The molecular weight excluding hydrogens is 242 g/mol. The van der Waals surface area contributed by atoms with Crippen molar-refractivity contribution in [1.29, 1.82) is 0 Å². The number of aromatic nitrogens is 2. The van der Waals surface area contributed by atoms with Gasteiger partial charge in [-0.2, -0.15) is 0 Å². The molecule has 1 unspecified atom stereocenters. The Kier molecular flexibility index (Phi) is 3.74. The highest BCUT2D eigenvalue weighted by Gasteiger charge is 2.05. The van der Waals surface area contributed by atoms with E-state index < -0.39 is 0 Å². The van der Waals surface area contributed by atoms with Crippen LogP contribution in [0.15, 0.2) is 29.8 Å². The van der Waals surface area contributed by atoms with Gasteiger partial charge in [-0.05, 0) is 36.0 Å². The maximum Gasteiger partial charge on any atom is 0.224 e. The van der Waals surface area contributed by atoms with Gasteiger partial charge in [-0.15, -0.1) is 11.3 Å². The molecule has 5 heteroatoms. The molecule has 2 heterocycles. The minimum Gasteiger partial charge on any atom is -0.367 e. The van der Waals surface area contributed by atoms with Gasteiger partial charge in [-0.1, -0.05) is 6.07 Å². The molecule has 3 nitrogen and oxygen atoms in total. The Hall–Kier alpha value is -1.13. The van der Waals surface area contributed by atoms with Crippen LogP contribution in [0.1, 0.15) is 11.8 Å². The average molecular weight is 254 g/mol. The summed E-state index contributed by atoms with van der Waals surface area (Å²) in [6.45, 7) is 2.12. The van der Waals surface area contributed by atoms with Gasteiger partial charge in [0, 0.05) is 23.5 Å². The van der Waals surface area contributed by atoms with Gasteiger partial charge < -0.3 is 5.32 Å². The Morgan fingerprint density at radius 3 is 3.06 bits per heavy atom. The second-order valence-corrected chi connectivity index (χ2v) is 4.91. The Morgan fingerprint density at radius 2 is 2.38 bits per heavy atom. The summed E-state index contributed by atoms with van der Waals surface area (Å²) in [4.78, 5) is 9.29. The monoisotopic (exact) mass is 253 g/mol. The van der Waals surface area contributed by atoms with Gasteiger partial charge in [-0.25, -0.2) is 9.97 Å². The van der Waals surface area contributed by atoms with Crippen LogP contribution in [-0.4, -0.2) is 16.0 Å². The molecule has 0 amide bonds. The number of thiophene rings is 1. The topological polar surface area (TPSA) is 37.8 Å². The van der Waals surface area contributed by atoms with Gasteiger partial charge >= 0.3 is 0 Å². The largest absolute Gasteiger partial charge is 0.367 e. The Balaban J connectivity index is 1.94. The van der Waals surface area contributed by atoms with Gasteiger partial charge in [0.2, 0.25) is 5.28 Å². The van der Waals surface area contributed by atoms with Crippen LogP contribution in [0.4, 0.5) is 5.82 Å². The molecule has 0 saturated carbocycles. The molecule has 0 aliphatic carbocycles. The first-order valence-corrected chi connectivity index (χ1v) is 6.27. The van der Waals surface area contributed by atoms with Crippen molar-refractivity contribution in [1.82, 2.24) is 9.97 Å². The molecule has 0 radical (unpaired) electrons. The Morgan fingerprint density at radius 1 is 1.50 bits per heavy atom. The summed E-state index contributed by atoms with van der Waals surface area (Å²) in [7, 11) is 0. The van der Waals surface area contributed by atoms with Crippen molar-refractivity contribution in [3.63, 3.8) is 0 Å². The average Bonchev–Trinajstić information content (AvgIpc) is 2.70. The smallest absolute Gasteiger partial charge is 0.224 e. The molecule has 2 rings (SSSR count). The minimum atomic E-state index is 0.272. The van der Waals surface area contributed by atoms with E-state index in [-0.39, 0.29) is 5.28 Å². The molecule has 2 aromatic rings. The zero-order chi connectivity index (χ0) is 11.4. The second-order valence-electron chi connectivity index (χ2n) is 3.54. The highest BCUT2D eigenvalue weighted by Crippen LogP contribution is 2.14. The van der Waals surface area contributed by atoms with E-state index in [1.54, 1.807) is 17.5 Å². The Bertz CT molecular complexity index is 444. The number of rotatable bonds is 4. The molecule has 0 aliphatic rings. The van der Waals surface area contributed by atoms with Crippen molar-refractivity contribution >= 4 is 28.8 Å². The third kappa shape index (κ3) is 3.18. The van der Waals surface area contributed by atoms with Crippen LogP contribution in [0, 0.1) is 0 Å². The minimum absolute atomic E-state index is 0.272. The van der Waals surface area contributed by atoms with Crippen molar-refractivity contribution in [3.8, 4) is 0 Å². The van der Waals surface area contributed by atoms with Gasteiger partial charge in [0.05, 0.1) is 0 Å². The number of nitrogens with one attached hydrogen (secondary N) is 1. The highest BCUT2D eigenvalue weighted by molar-refractivity contribution is 7.09. The lowest BCUT2D eigenvalue weighted by molar-refractivity contribution is 0.793. The molecule has 2 aromatic heterocycles. The SMILES string of the molecule is CC(Cc1cccs1)Nc1ccnc(Cl)n1. The fraction of sp³-hybridized carbons (Fsp3) is 0.273. The van der Waals surface area contributed by atoms with Crippen LogP contribution >= 0.6 is 22.9 Å². The van der Waals surface area contributed by atoms with Gasteiger partial charge in [0.15, 0.2) is 0 Å². The molecule has 0 saturated heterocycles. The van der Waals surface area contributed by atoms with Crippen LogP contribution in [-0.2, 0) is 6.42 Å². The van der Waals surface area contributed by atoms with E-state index in [0.717, 1.165) is 12.2 Å². The third-order valence-corrected chi connectivity index (χ3v) is 3.19. The molecule has 1 atom stereocenters. The summed E-state index contributed by atoms with van der Waals surface area (Å²) in [5, 5.41) is 5.65. The lowest BCUT2D eigenvalue weighted by Gasteiger charge is -2.13. The predicted octanol–water partition coefficient (Wildman–Crippen LogP) is 3.23. The molecule has 0 fully saturated rings. The zero-order valence-corrected chi connectivity index (χ0v) is 10.4. The number of halogens is 1. The van der Waals surface area contributed by atoms with Crippen molar-refractivity contribution < 1.29 is 0 Å². The second kappa shape index (κ2) is 5.27. The predicted molar refractivity (Wildman–Crippen MR) is 68.1 cm³/mol. The van der Waals surface area contributed by atoms with Crippen LogP contribution < -0.4 is 5.32 Å². The van der Waals surface area contributed by atoms with E-state index in [1.165, 1.54) is 4.88 Å². The lowest BCUT2D eigenvalue weighted by atomic mass is 10.2. The fourth-order valence-electron chi connectivity index (χ4n) is 1.45. The van der Waals surface area contributed by atoms with Gasteiger partial charge in [0.1, 0.15) is 5.82 Å². The summed E-state index contributed by atoms with van der Waals surface area (Å²) < 4.78 is 0. The van der Waals surface area contributed by atoms with E-state index in [1.807, 2.05) is 6.07 Å². The van der Waals surface area contributed by atoms with Crippen LogP contribution in [0.25, 0.3) is 0 Å². The fourth-order valence-corrected chi connectivity index (χ4v) is 2.43. The zero-order valence-electron chi connectivity index (χ0n) is 8.85. The van der Waals surface area contributed by atoms with Crippen molar-refractivity contribution in [2.24, 2.45) is 0 Å². The van der Waals surface area contributed by atoms with Crippen LogP contribution in [0.2, 0.25) is 5.28 Å². The van der Waals surface area contributed by atoms with E-state index >= 15 is 0 Å². The molecule has 1 N–H and O–H groups in total. The molecule has 0 bridgehead atoms. The maximum absolute atomic E-state index is 5.71. The molecular formula is C11H12ClN3S. The molecule has 16 heavy (non-hydrogen) atoms. The lowest BCUT2D eigenvalue weighted by Crippen LogP contribution is -2.18. The van der Waals surface area contributed by atoms with Crippen LogP contribution in [0.3, 0.4) is 0 Å². The Labute approximate surface area is 104 Å². The number of hydrogen-bond donors (Lipinski definition) is 1.